The van der Waals surface area contributed by atoms with Crippen molar-refractivity contribution in [2.45, 2.75) is 11.3 Å². The first-order valence-electron chi connectivity index (χ1n) is 9.01. The summed E-state index contributed by atoms with van der Waals surface area (Å²) in [6.45, 7) is 0. The molecule has 0 fully saturated rings. The molecule has 0 saturated carbocycles. The number of rotatable bonds is 5. The Morgan fingerprint density at radius 2 is 1.86 bits per heavy atom. The van der Waals surface area contributed by atoms with E-state index < -0.39 is 16.8 Å². The summed E-state index contributed by atoms with van der Waals surface area (Å²) in [5.74, 6) is -0.468. The molecule has 3 aromatic heterocycles. The van der Waals surface area contributed by atoms with E-state index in [1.807, 2.05) is 48.5 Å². The van der Waals surface area contributed by atoms with Gasteiger partial charge in [-0.05, 0) is 24.3 Å². The van der Waals surface area contributed by atoms with Gasteiger partial charge in [0.1, 0.15) is 5.69 Å². The monoisotopic (exact) mass is 405 g/mol. The number of aromatic nitrogens is 3. The van der Waals surface area contributed by atoms with Gasteiger partial charge in [-0.15, -0.1) is 0 Å². The molecule has 0 aliphatic carbocycles. The van der Waals surface area contributed by atoms with Crippen molar-refractivity contribution in [2.24, 2.45) is 0 Å². The van der Waals surface area contributed by atoms with Crippen LogP contribution in [0.25, 0.3) is 16.8 Å². The number of carbonyl (C=O) groups is 1. The molecule has 0 aliphatic rings. The van der Waals surface area contributed by atoms with Crippen LogP contribution in [0.2, 0.25) is 0 Å². The summed E-state index contributed by atoms with van der Waals surface area (Å²) < 4.78 is 18.4. The fourth-order valence-electron chi connectivity index (χ4n) is 3.23. The van der Waals surface area contributed by atoms with Crippen LogP contribution in [0.3, 0.4) is 0 Å². The number of carbonyl (C=O) groups excluding carboxylic acids is 1. The quantitative estimate of drug-likeness (QED) is 0.475. The van der Waals surface area contributed by atoms with E-state index in [1.54, 1.807) is 29.1 Å². The molecule has 4 rings (SSSR count). The van der Waals surface area contributed by atoms with Crippen LogP contribution >= 0.6 is 0 Å². The minimum absolute atomic E-state index is 0.270. The highest BCUT2D eigenvalue weighted by molar-refractivity contribution is 7.84. The summed E-state index contributed by atoms with van der Waals surface area (Å²) in [6, 6.07) is 19.0. The fraction of sp³-hybridized carbons (Fsp3) is 0.136. The second-order valence-electron chi connectivity index (χ2n) is 6.52. The third-order valence-corrected chi connectivity index (χ3v) is 5.55. The van der Waals surface area contributed by atoms with Crippen LogP contribution in [0.4, 0.5) is 0 Å². The number of nitrogens with zero attached hydrogens (tertiary/aromatic N) is 3. The molecule has 1 aromatic carbocycles. The molecule has 3 heterocycles. The summed E-state index contributed by atoms with van der Waals surface area (Å²) >= 11 is 0. The van der Waals surface area contributed by atoms with Crippen molar-refractivity contribution in [1.29, 1.82) is 0 Å². The minimum atomic E-state index is -1.10. The zero-order chi connectivity index (χ0) is 20.4. The van der Waals surface area contributed by atoms with Gasteiger partial charge in [0, 0.05) is 35.7 Å². The number of fused-ring (bicyclic) bond motifs is 1. The van der Waals surface area contributed by atoms with Gasteiger partial charge in [-0.1, -0.05) is 36.4 Å². The fourth-order valence-corrected chi connectivity index (χ4v) is 3.74. The third-order valence-electron chi connectivity index (χ3n) is 4.64. The van der Waals surface area contributed by atoms with E-state index in [2.05, 4.69) is 4.98 Å². The molecular weight excluding hydrogens is 386 g/mol. The van der Waals surface area contributed by atoms with Crippen molar-refractivity contribution < 1.29 is 13.7 Å². The predicted octanol–water partition coefficient (Wildman–Crippen LogP) is 3.51. The van der Waals surface area contributed by atoms with Crippen LogP contribution in [-0.4, -0.2) is 38.1 Å². The maximum Gasteiger partial charge on any atom is 0.356 e. The summed E-state index contributed by atoms with van der Waals surface area (Å²) in [5, 5.41) is 4.76. The lowest BCUT2D eigenvalue weighted by atomic mass is 10.0. The Kier molecular flexibility index (Phi) is 5.22. The van der Waals surface area contributed by atoms with E-state index in [4.69, 9.17) is 9.84 Å². The molecule has 0 N–H and O–H groups in total. The summed E-state index contributed by atoms with van der Waals surface area (Å²) in [7, 11) is 0.239. The molecule has 146 valence electrons. The maximum absolute atomic E-state index is 11.9. The molecule has 0 spiro atoms. The van der Waals surface area contributed by atoms with Crippen LogP contribution in [-0.2, 0) is 22.0 Å². The van der Waals surface area contributed by atoms with Crippen LogP contribution < -0.4 is 0 Å². The number of benzene rings is 1. The molecule has 4 aromatic rings. The van der Waals surface area contributed by atoms with Crippen molar-refractivity contribution in [2.75, 3.05) is 13.4 Å². The minimum Gasteiger partial charge on any atom is -0.464 e. The van der Waals surface area contributed by atoms with Gasteiger partial charge < -0.3 is 4.74 Å². The van der Waals surface area contributed by atoms with E-state index in [0.717, 1.165) is 28.0 Å². The Labute approximate surface area is 170 Å². The van der Waals surface area contributed by atoms with Gasteiger partial charge in [0.25, 0.3) is 0 Å². The average molecular weight is 405 g/mol. The van der Waals surface area contributed by atoms with Gasteiger partial charge >= 0.3 is 5.97 Å². The lowest BCUT2D eigenvalue weighted by molar-refractivity contribution is 0.0593. The Hall–Kier alpha value is -3.32. The molecule has 0 radical (unpaired) electrons. The number of ether oxygens (including phenoxy) is 1. The predicted molar refractivity (Wildman–Crippen MR) is 111 cm³/mol. The van der Waals surface area contributed by atoms with Crippen LogP contribution in [0.1, 0.15) is 21.7 Å². The van der Waals surface area contributed by atoms with Crippen molar-refractivity contribution in [3.63, 3.8) is 0 Å². The molecule has 1 atom stereocenters. The SMILES string of the molecule is COC(=O)c1cccc(Cc2c(-c3ccccc3)nn3cc(S(C)=O)ccc23)n1. The van der Waals surface area contributed by atoms with Gasteiger partial charge in [-0.3, -0.25) is 4.21 Å². The smallest absolute Gasteiger partial charge is 0.356 e. The van der Waals surface area contributed by atoms with Gasteiger partial charge in [-0.2, -0.15) is 5.10 Å². The van der Waals surface area contributed by atoms with Gasteiger partial charge in [-0.25, -0.2) is 14.3 Å². The first kappa shape index (κ1) is 19.0. The summed E-state index contributed by atoms with van der Waals surface area (Å²) in [6.07, 6.45) is 3.93. The van der Waals surface area contributed by atoms with E-state index >= 15 is 0 Å². The van der Waals surface area contributed by atoms with Crippen LogP contribution in [0.15, 0.2) is 71.8 Å². The second kappa shape index (κ2) is 7.97. The van der Waals surface area contributed by atoms with E-state index in [-0.39, 0.29) is 5.69 Å². The molecule has 7 heteroatoms. The van der Waals surface area contributed by atoms with Crippen LogP contribution in [0.5, 0.6) is 0 Å². The average Bonchev–Trinajstić information content (AvgIpc) is 3.11. The Morgan fingerprint density at radius 3 is 2.59 bits per heavy atom. The lowest BCUT2D eigenvalue weighted by Crippen LogP contribution is -2.06. The first-order chi connectivity index (χ1) is 14.1. The number of methoxy groups -OCH3 is 1. The lowest BCUT2D eigenvalue weighted by Gasteiger charge is -2.06. The zero-order valence-electron chi connectivity index (χ0n) is 16.0. The summed E-state index contributed by atoms with van der Waals surface area (Å²) in [4.78, 5) is 17.0. The molecule has 1 unspecified atom stereocenters. The Morgan fingerprint density at radius 1 is 1.07 bits per heavy atom. The third kappa shape index (κ3) is 3.82. The van der Waals surface area contributed by atoms with E-state index in [9.17, 15) is 9.00 Å². The van der Waals surface area contributed by atoms with Crippen molar-refractivity contribution in [3.05, 3.63) is 83.8 Å². The molecule has 0 aliphatic heterocycles. The molecule has 0 amide bonds. The van der Waals surface area contributed by atoms with E-state index in [0.29, 0.717) is 11.3 Å². The highest BCUT2D eigenvalue weighted by Crippen LogP contribution is 2.28. The zero-order valence-corrected chi connectivity index (χ0v) is 16.8. The van der Waals surface area contributed by atoms with Gasteiger partial charge in [0.05, 0.1) is 34.0 Å². The highest BCUT2D eigenvalue weighted by atomic mass is 32.2. The van der Waals surface area contributed by atoms with Gasteiger partial charge in [0.2, 0.25) is 0 Å². The molecule has 6 nitrogen and oxygen atoms in total. The van der Waals surface area contributed by atoms with Crippen molar-refractivity contribution in [3.8, 4) is 11.3 Å². The van der Waals surface area contributed by atoms with Crippen molar-refractivity contribution in [1.82, 2.24) is 14.6 Å². The van der Waals surface area contributed by atoms with Gasteiger partial charge in [0.15, 0.2) is 0 Å². The Bertz CT molecular complexity index is 1220. The largest absolute Gasteiger partial charge is 0.464 e. The Balaban J connectivity index is 1.86. The molecule has 29 heavy (non-hydrogen) atoms. The second-order valence-corrected chi connectivity index (χ2v) is 7.90. The highest BCUT2D eigenvalue weighted by Gasteiger charge is 2.17. The van der Waals surface area contributed by atoms with E-state index in [1.165, 1.54) is 7.11 Å². The molecule has 0 saturated heterocycles. The molecular formula is C22H19N3O3S. The normalized spacial score (nSPS) is 12.1. The number of pyridine rings is 2. The number of hydrogen-bond acceptors (Lipinski definition) is 5. The maximum atomic E-state index is 11.9. The standard InChI is InChI=1S/C22H19N3O3S/c1-28-22(26)19-10-6-9-16(23-19)13-18-20-12-11-17(29(2)27)14-25(20)24-21(18)15-7-4-3-5-8-15/h3-12,14H,13H2,1-2H3. The first-order valence-corrected chi connectivity index (χ1v) is 10.6. The van der Waals surface area contributed by atoms with Crippen LogP contribution in [0, 0.1) is 0 Å². The van der Waals surface area contributed by atoms with Crippen molar-refractivity contribution >= 4 is 22.3 Å². The number of esters is 1. The molecule has 0 bridgehead atoms. The topological polar surface area (TPSA) is 73.6 Å². The summed E-state index contributed by atoms with van der Waals surface area (Å²) in [5.41, 5.74) is 4.71. The number of hydrogen-bond donors (Lipinski definition) is 0.